The molecule has 1 aromatic rings. The summed E-state index contributed by atoms with van der Waals surface area (Å²) in [6, 6.07) is 4.53. The average molecular weight is 285 g/mol. The molecule has 0 fully saturated rings. The molecule has 1 rings (SSSR count). The van der Waals surface area contributed by atoms with Crippen molar-refractivity contribution in [1.82, 2.24) is 4.90 Å². The molecular weight excluding hydrogens is 265 g/mol. The minimum absolute atomic E-state index is 0.248. The van der Waals surface area contributed by atoms with Gasteiger partial charge < -0.3 is 10.0 Å². The van der Waals surface area contributed by atoms with Gasteiger partial charge in [0, 0.05) is 18.1 Å². The molecule has 3 nitrogen and oxygen atoms in total. The highest BCUT2D eigenvalue weighted by atomic mass is 32.2. The Morgan fingerprint density at radius 2 is 2.05 bits per heavy atom. The van der Waals surface area contributed by atoms with Gasteiger partial charge in [-0.1, -0.05) is 26.0 Å². The van der Waals surface area contributed by atoms with Crippen molar-refractivity contribution < 1.29 is 14.3 Å². The van der Waals surface area contributed by atoms with E-state index in [1.807, 2.05) is 0 Å². The third kappa shape index (κ3) is 4.84. The zero-order valence-corrected chi connectivity index (χ0v) is 12.2. The standard InChI is InChI=1S/C14H20FNO2S/c1-3-16(4-2)8-9-19-10-11-6-5-7-12(13(11)15)14(17)18/h5-7H,3-4,8-10H2,1-2H3,(H,17,18). The van der Waals surface area contributed by atoms with E-state index in [9.17, 15) is 9.18 Å². The minimum atomic E-state index is -1.22. The van der Waals surface area contributed by atoms with Crippen molar-refractivity contribution in [3.8, 4) is 0 Å². The number of nitrogens with zero attached hydrogens (tertiary/aromatic N) is 1. The van der Waals surface area contributed by atoms with Gasteiger partial charge in [-0.3, -0.25) is 0 Å². The highest BCUT2D eigenvalue weighted by molar-refractivity contribution is 7.98. The Morgan fingerprint density at radius 3 is 2.63 bits per heavy atom. The number of hydrogen-bond donors (Lipinski definition) is 1. The molecule has 0 amide bonds. The van der Waals surface area contributed by atoms with Gasteiger partial charge in [0.1, 0.15) is 5.82 Å². The lowest BCUT2D eigenvalue weighted by Gasteiger charge is -2.17. The second-order valence-corrected chi connectivity index (χ2v) is 5.27. The van der Waals surface area contributed by atoms with Gasteiger partial charge in [-0.15, -0.1) is 0 Å². The van der Waals surface area contributed by atoms with Crippen LogP contribution in [0.3, 0.4) is 0 Å². The Hall–Kier alpha value is -1.07. The maximum absolute atomic E-state index is 13.8. The predicted molar refractivity (Wildman–Crippen MR) is 77.3 cm³/mol. The fraction of sp³-hybridized carbons (Fsp3) is 0.500. The molecule has 5 heteroatoms. The molecule has 0 saturated heterocycles. The first-order chi connectivity index (χ1) is 9.10. The number of halogens is 1. The second kappa shape index (κ2) is 8.17. The Morgan fingerprint density at radius 1 is 1.37 bits per heavy atom. The summed E-state index contributed by atoms with van der Waals surface area (Å²) in [7, 11) is 0. The highest BCUT2D eigenvalue weighted by Gasteiger charge is 2.13. The van der Waals surface area contributed by atoms with Gasteiger partial charge in [0.15, 0.2) is 0 Å². The van der Waals surface area contributed by atoms with Crippen molar-refractivity contribution in [3.63, 3.8) is 0 Å². The van der Waals surface area contributed by atoms with Crippen LogP contribution in [-0.2, 0) is 5.75 Å². The van der Waals surface area contributed by atoms with Crippen LogP contribution in [0.5, 0.6) is 0 Å². The zero-order chi connectivity index (χ0) is 14.3. The van der Waals surface area contributed by atoms with E-state index >= 15 is 0 Å². The van der Waals surface area contributed by atoms with Gasteiger partial charge in [-0.05, 0) is 24.7 Å². The SMILES string of the molecule is CCN(CC)CCSCc1cccc(C(=O)O)c1F. The minimum Gasteiger partial charge on any atom is -0.478 e. The number of carbonyl (C=O) groups is 1. The van der Waals surface area contributed by atoms with Crippen LogP contribution in [0.4, 0.5) is 4.39 Å². The summed E-state index contributed by atoms with van der Waals surface area (Å²) < 4.78 is 13.8. The molecule has 0 heterocycles. The maximum atomic E-state index is 13.8. The zero-order valence-electron chi connectivity index (χ0n) is 11.4. The molecule has 0 aliphatic rings. The quantitative estimate of drug-likeness (QED) is 0.745. The first-order valence-electron chi connectivity index (χ1n) is 6.40. The molecule has 0 saturated carbocycles. The summed E-state index contributed by atoms with van der Waals surface area (Å²) >= 11 is 1.63. The molecule has 0 atom stereocenters. The van der Waals surface area contributed by atoms with E-state index < -0.39 is 11.8 Å². The van der Waals surface area contributed by atoms with Gasteiger partial charge in [0.2, 0.25) is 0 Å². The van der Waals surface area contributed by atoms with E-state index in [2.05, 4.69) is 18.7 Å². The van der Waals surface area contributed by atoms with Crippen LogP contribution in [0.2, 0.25) is 0 Å². The van der Waals surface area contributed by atoms with Gasteiger partial charge >= 0.3 is 5.97 Å². The lowest BCUT2D eigenvalue weighted by molar-refractivity contribution is 0.0691. The monoisotopic (exact) mass is 285 g/mol. The fourth-order valence-electron chi connectivity index (χ4n) is 1.77. The first kappa shape index (κ1) is 16.0. The number of carboxylic acid groups (broad SMARTS) is 1. The highest BCUT2D eigenvalue weighted by Crippen LogP contribution is 2.18. The summed E-state index contributed by atoms with van der Waals surface area (Å²) in [4.78, 5) is 13.1. The molecule has 19 heavy (non-hydrogen) atoms. The molecule has 0 radical (unpaired) electrons. The summed E-state index contributed by atoms with van der Waals surface area (Å²) in [5.41, 5.74) is 0.214. The van der Waals surface area contributed by atoms with E-state index in [1.54, 1.807) is 23.9 Å². The van der Waals surface area contributed by atoms with Crippen LogP contribution < -0.4 is 0 Å². The summed E-state index contributed by atoms with van der Waals surface area (Å²) in [6.07, 6.45) is 0. The van der Waals surface area contributed by atoms with E-state index in [0.717, 1.165) is 25.4 Å². The first-order valence-corrected chi connectivity index (χ1v) is 7.56. The maximum Gasteiger partial charge on any atom is 0.338 e. The van der Waals surface area contributed by atoms with E-state index in [-0.39, 0.29) is 5.56 Å². The smallest absolute Gasteiger partial charge is 0.338 e. The molecule has 1 aromatic carbocycles. The molecule has 0 unspecified atom stereocenters. The van der Waals surface area contributed by atoms with Gasteiger partial charge in [-0.25, -0.2) is 9.18 Å². The molecule has 0 bridgehead atoms. The molecule has 1 N–H and O–H groups in total. The Kier molecular flexibility index (Phi) is 6.87. The topological polar surface area (TPSA) is 40.5 Å². The van der Waals surface area contributed by atoms with Crippen LogP contribution in [0.25, 0.3) is 0 Å². The van der Waals surface area contributed by atoms with Crippen LogP contribution in [0.15, 0.2) is 18.2 Å². The Bertz CT molecular complexity index is 422. The van der Waals surface area contributed by atoms with Crippen LogP contribution in [0, 0.1) is 5.82 Å². The third-order valence-corrected chi connectivity index (χ3v) is 4.00. The predicted octanol–water partition coefficient (Wildman–Crippen LogP) is 3.10. The van der Waals surface area contributed by atoms with Crippen molar-refractivity contribution in [2.24, 2.45) is 0 Å². The van der Waals surface area contributed by atoms with Crippen molar-refractivity contribution in [2.75, 3.05) is 25.4 Å². The number of thioether (sulfide) groups is 1. The number of hydrogen-bond acceptors (Lipinski definition) is 3. The van der Waals surface area contributed by atoms with Gasteiger partial charge in [0.25, 0.3) is 0 Å². The molecule has 0 aromatic heterocycles. The van der Waals surface area contributed by atoms with Gasteiger partial charge in [-0.2, -0.15) is 11.8 Å². The molecule has 0 aliphatic carbocycles. The van der Waals surface area contributed by atoms with E-state index in [4.69, 9.17) is 5.11 Å². The Labute approximate surface area is 117 Å². The number of rotatable bonds is 8. The van der Waals surface area contributed by atoms with Gasteiger partial charge in [0.05, 0.1) is 5.56 Å². The number of carboxylic acids is 1. The van der Waals surface area contributed by atoms with E-state index in [1.165, 1.54) is 6.07 Å². The normalized spacial score (nSPS) is 10.9. The molecule has 106 valence electrons. The molecule has 0 aliphatic heterocycles. The average Bonchev–Trinajstić information content (AvgIpc) is 2.40. The van der Waals surface area contributed by atoms with Crippen molar-refractivity contribution in [2.45, 2.75) is 19.6 Å². The van der Waals surface area contributed by atoms with Crippen LogP contribution in [-0.4, -0.2) is 41.4 Å². The lowest BCUT2D eigenvalue weighted by atomic mass is 10.1. The molecular formula is C14H20FNO2S. The largest absolute Gasteiger partial charge is 0.478 e. The van der Waals surface area contributed by atoms with Crippen molar-refractivity contribution in [3.05, 3.63) is 35.1 Å². The second-order valence-electron chi connectivity index (χ2n) is 4.16. The number of benzene rings is 1. The Balaban J connectivity index is 2.50. The van der Waals surface area contributed by atoms with Crippen molar-refractivity contribution in [1.29, 1.82) is 0 Å². The summed E-state index contributed by atoms with van der Waals surface area (Å²) in [6.45, 7) is 7.23. The fourth-order valence-corrected chi connectivity index (χ4v) is 2.75. The van der Waals surface area contributed by atoms with Crippen molar-refractivity contribution >= 4 is 17.7 Å². The molecule has 0 spiro atoms. The van der Waals surface area contributed by atoms with Crippen LogP contribution >= 0.6 is 11.8 Å². The van der Waals surface area contributed by atoms with E-state index in [0.29, 0.717) is 11.3 Å². The summed E-state index contributed by atoms with van der Waals surface area (Å²) in [5.74, 6) is -0.398. The lowest BCUT2D eigenvalue weighted by Crippen LogP contribution is -2.25. The van der Waals surface area contributed by atoms with Crippen LogP contribution in [0.1, 0.15) is 29.8 Å². The third-order valence-electron chi connectivity index (χ3n) is 3.01. The summed E-state index contributed by atoms with van der Waals surface area (Å²) in [5, 5.41) is 8.84. The number of aromatic carboxylic acids is 1.